The lowest BCUT2D eigenvalue weighted by atomic mass is 9.93. The molecule has 1 aliphatic rings. The minimum absolute atomic E-state index is 0.662. The molecule has 1 atom stereocenters. The van der Waals surface area contributed by atoms with Crippen molar-refractivity contribution in [3.05, 3.63) is 34.9 Å². The van der Waals surface area contributed by atoms with Gasteiger partial charge in [-0.05, 0) is 55.8 Å². The van der Waals surface area contributed by atoms with Gasteiger partial charge in [-0.1, -0.05) is 50.8 Å². The Hall–Kier alpha value is -0.820. The lowest BCUT2D eigenvalue weighted by Gasteiger charge is -2.22. The fourth-order valence-corrected chi connectivity index (χ4v) is 3.39. The normalized spacial score (nSPS) is 17.8. The number of nitrogens with one attached hydrogen (secondary N) is 1. The summed E-state index contributed by atoms with van der Waals surface area (Å²) in [6.07, 6.45) is 8.36. The van der Waals surface area contributed by atoms with Crippen LogP contribution in [0.5, 0.6) is 0 Å². The number of aryl methyl sites for hydroxylation is 2. The lowest BCUT2D eigenvalue weighted by molar-refractivity contribution is 0.390. The summed E-state index contributed by atoms with van der Waals surface area (Å²) in [5.41, 5.74) is 4.32. The summed E-state index contributed by atoms with van der Waals surface area (Å²) in [7, 11) is 0. The van der Waals surface area contributed by atoms with Gasteiger partial charge in [0, 0.05) is 6.04 Å². The second-order valence-corrected chi connectivity index (χ2v) is 6.26. The first-order chi connectivity index (χ1) is 9.19. The maximum atomic E-state index is 3.69. The molecule has 1 nitrogen and oxygen atoms in total. The number of hydrogen-bond donors (Lipinski definition) is 1. The number of likely N-dealkylation sites (N-methyl/N-ethyl adjacent to an activating group) is 1. The number of benzene rings is 1. The fourth-order valence-electron chi connectivity index (χ4n) is 3.39. The topological polar surface area (TPSA) is 12.0 Å². The third-order valence-corrected chi connectivity index (χ3v) is 4.64. The first kappa shape index (κ1) is 14.6. The zero-order chi connectivity index (χ0) is 13.7. The molecule has 0 aliphatic heterocycles. The summed E-state index contributed by atoms with van der Waals surface area (Å²) in [6.45, 7) is 7.72. The average molecular weight is 259 g/mol. The Labute approximate surface area is 118 Å². The van der Waals surface area contributed by atoms with Gasteiger partial charge in [-0.3, -0.25) is 0 Å². The predicted molar refractivity (Wildman–Crippen MR) is 83.7 cm³/mol. The predicted octanol–water partition coefficient (Wildman–Crippen LogP) is 4.40. The van der Waals surface area contributed by atoms with Crippen molar-refractivity contribution in [3.8, 4) is 0 Å². The van der Waals surface area contributed by atoms with Gasteiger partial charge >= 0.3 is 0 Å². The highest BCUT2D eigenvalue weighted by Crippen LogP contribution is 2.29. The van der Waals surface area contributed by atoms with Crippen molar-refractivity contribution >= 4 is 0 Å². The summed E-state index contributed by atoms with van der Waals surface area (Å²) >= 11 is 0. The highest BCUT2D eigenvalue weighted by molar-refractivity contribution is 5.30. The molecule has 19 heavy (non-hydrogen) atoms. The fraction of sp³-hybridized carbons (Fsp3) is 0.667. The van der Waals surface area contributed by atoms with Gasteiger partial charge in [0.15, 0.2) is 0 Å². The molecule has 1 unspecified atom stereocenters. The van der Waals surface area contributed by atoms with Crippen LogP contribution in [0.4, 0.5) is 0 Å². The van der Waals surface area contributed by atoms with Crippen LogP contribution in [0.1, 0.15) is 55.7 Å². The van der Waals surface area contributed by atoms with Crippen molar-refractivity contribution in [2.24, 2.45) is 5.92 Å². The number of rotatable bonds is 6. The zero-order valence-corrected chi connectivity index (χ0v) is 12.8. The second kappa shape index (κ2) is 7.09. The average Bonchev–Trinajstić information content (AvgIpc) is 2.87. The molecule has 0 radical (unpaired) electrons. The molecule has 1 fully saturated rings. The van der Waals surface area contributed by atoms with Gasteiger partial charge in [-0.15, -0.1) is 0 Å². The van der Waals surface area contributed by atoms with Crippen molar-refractivity contribution in [2.75, 3.05) is 6.54 Å². The quantitative estimate of drug-likeness (QED) is 0.798. The van der Waals surface area contributed by atoms with Gasteiger partial charge in [-0.2, -0.15) is 0 Å². The minimum Gasteiger partial charge on any atom is -0.314 e. The summed E-state index contributed by atoms with van der Waals surface area (Å²) in [6, 6.07) is 7.61. The molecule has 0 aromatic heterocycles. The van der Waals surface area contributed by atoms with Crippen LogP contribution >= 0.6 is 0 Å². The summed E-state index contributed by atoms with van der Waals surface area (Å²) < 4.78 is 0. The number of hydrogen-bond acceptors (Lipinski definition) is 1. The van der Waals surface area contributed by atoms with Gasteiger partial charge in [0.05, 0.1) is 0 Å². The van der Waals surface area contributed by atoms with E-state index in [2.05, 4.69) is 44.3 Å². The Morgan fingerprint density at radius 1 is 1.16 bits per heavy atom. The Morgan fingerprint density at radius 3 is 2.53 bits per heavy atom. The van der Waals surface area contributed by atoms with Crippen LogP contribution in [0.3, 0.4) is 0 Å². The van der Waals surface area contributed by atoms with E-state index in [1.54, 1.807) is 0 Å². The van der Waals surface area contributed by atoms with E-state index < -0.39 is 0 Å². The first-order valence-electron chi connectivity index (χ1n) is 7.98. The monoisotopic (exact) mass is 259 g/mol. The van der Waals surface area contributed by atoms with Crippen molar-refractivity contribution in [2.45, 2.75) is 65.3 Å². The molecule has 106 valence electrons. The Morgan fingerprint density at radius 2 is 1.89 bits per heavy atom. The van der Waals surface area contributed by atoms with Crippen LogP contribution in [0.25, 0.3) is 0 Å². The standard InChI is InChI=1S/C18H29N/c1-4-19-18(12-16-7-5-6-8-16)13-17-10-9-14(2)15(3)11-17/h9-11,16,18-19H,4-8,12-13H2,1-3H3. The molecule has 1 N–H and O–H groups in total. The van der Waals surface area contributed by atoms with Gasteiger partial charge < -0.3 is 5.32 Å². The molecule has 0 amide bonds. The SMILES string of the molecule is CCNC(Cc1ccc(C)c(C)c1)CC1CCCC1. The van der Waals surface area contributed by atoms with Gasteiger partial charge in [0.25, 0.3) is 0 Å². The smallest absolute Gasteiger partial charge is 0.0110 e. The van der Waals surface area contributed by atoms with E-state index in [0.29, 0.717) is 6.04 Å². The highest BCUT2D eigenvalue weighted by atomic mass is 14.9. The maximum absolute atomic E-state index is 3.69. The van der Waals surface area contributed by atoms with Crippen LogP contribution in [0.2, 0.25) is 0 Å². The molecule has 0 spiro atoms. The Balaban J connectivity index is 1.96. The molecule has 1 aromatic carbocycles. The van der Waals surface area contributed by atoms with E-state index in [4.69, 9.17) is 0 Å². The maximum Gasteiger partial charge on any atom is 0.0110 e. The van der Waals surface area contributed by atoms with E-state index >= 15 is 0 Å². The van der Waals surface area contributed by atoms with Crippen LogP contribution in [0.15, 0.2) is 18.2 Å². The van der Waals surface area contributed by atoms with E-state index in [1.165, 1.54) is 55.2 Å². The van der Waals surface area contributed by atoms with Crippen molar-refractivity contribution in [3.63, 3.8) is 0 Å². The third-order valence-electron chi connectivity index (χ3n) is 4.64. The summed E-state index contributed by atoms with van der Waals surface area (Å²) in [4.78, 5) is 0. The van der Waals surface area contributed by atoms with Crippen molar-refractivity contribution < 1.29 is 0 Å². The molecular weight excluding hydrogens is 230 g/mol. The van der Waals surface area contributed by atoms with Gasteiger partial charge in [0.1, 0.15) is 0 Å². The molecule has 1 heteroatoms. The Bertz CT molecular complexity index is 391. The first-order valence-corrected chi connectivity index (χ1v) is 7.98. The zero-order valence-electron chi connectivity index (χ0n) is 12.8. The lowest BCUT2D eigenvalue weighted by Crippen LogP contribution is -2.32. The van der Waals surface area contributed by atoms with Gasteiger partial charge in [0.2, 0.25) is 0 Å². The third kappa shape index (κ3) is 4.35. The second-order valence-electron chi connectivity index (χ2n) is 6.26. The molecule has 1 aliphatic carbocycles. The van der Waals surface area contributed by atoms with E-state index in [1.807, 2.05) is 0 Å². The van der Waals surface area contributed by atoms with Crippen molar-refractivity contribution in [1.29, 1.82) is 0 Å². The molecule has 0 heterocycles. The molecular formula is C18H29N. The van der Waals surface area contributed by atoms with Crippen molar-refractivity contribution in [1.82, 2.24) is 5.32 Å². The highest BCUT2D eigenvalue weighted by Gasteiger charge is 2.19. The van der Waals surface area contributed by atoms with Gasteiger partial charge in [-0.25, -0.2) is 0 Å². The van der Waals surface area contributed by atoms with E-state index in [-0.39, 0.29) is 0 Å². The summed E-state index contributed by atoms with van der Waals surface area (Å²) in [5, 5.41) is 3.69. The summed E-state index contributed by atoms with van der Waals surface area (Å²) in [5.74, 6) is 0.968. The van der Waals surface area contributed by atoms with Crippen LogP contribution in [-0.2, 0) is 6.42 Å². The van der Waals surface area contributed by atoms with Crippen LogP contribution < -0.4 is 5.32 Å². The van der Waals surface area contributed by atoms with E-state index in [9.17, 15) is 0 Å². The largest absolute Gasteiger partial charge is 0.314 e. The molecule has 1 aromatic rings. The molecule has 2 rings (SSSR count). The Kier molecular flexibility index (Phi) is 5.45. The molecule has 0 bridgehead atoms. The van der Waals surface area contributed by atoms with Crippen LogP contribution in [0, 0.1) is 19.8 Å². The molecule has 1 saturated carbocycles. The molecule has 0 saturated heterocycles. The van der Waals surface area contributed by atoms with Crippen LogP contribution in [-0.4, -0.2) is 12.6 Å². The minimum atomic E-state index is 0.662. The van der Waals surface area contributed by atoms with E-state index in [0.717, 1.165) is 12.5 Å².